The van der Waals surface area contributed by atoms with Crippen LogP contribution in [-0.4, -0.2) is 32.9 Å². The molecule has 0 unspecified atom stereocenters. The summed E-state index contributed by atoms with van der Waals surface area (Å²) < 4.78 is 1.84. The lowest BCUT2D eigenvalue weighted by Crippen LogP contribution is -2.39. The van der Waals surface area contributed by atoms with E-state index >= 15 is 0 Å². The lowest BCUT2D eigenvalue weighted by atomic mass is 10.2. The number of hydrogen-bond acceptors (Lipinski definition) is 3. The molecule has 1 aromatic rings. The van der Waals surface area contributed by atoms with Gasteiger partial charge < -0.3 is 10.4 Å². The first-order valence-electron chi connectivity index (χ1n) is 5.98. The zero-order valence-corrected chi connectivity index (χ0v) is 10.4. The van der Waals surface area contributed by atoms with Crippen molar-refractivity contribution in [2.24, 2.45) is 0 Å². The Bertz CT molecular complexity index is 421. The van der Waals surface area contributed by atoms with Gasteiger partial charge in [-0.3, -0.25) is 9.48 Å². The van der Waals surface area contributed by atoms with Crippen molar-refractivity contribution in [3.8, 4) is 0 Å². The first-order valence-corrected chi connectivity index (χ1v) is 5.98. The van der Waals surface area contributed by atoms with Crippen LogP contribution in [0.25, 0.3) is 0 Å². The van der Waals surface area contributed by atoms with Crippen molar-refractivity contribution in [1.29, 1.82) is 0 Å². The number of amides is 1. The molecule has 94 valence electrons. The second-order valence-corrected chi connectivity index (χ2v) is 4.89. The van der Waals surface area contributed by atoms with E-state index in [9.17, 15) is 4.79 Å². The quantitative estimate of drug-likeness (QED) is 0.785. The Labute approximate surface area is 101 Å². The van der Waals surface area contributed by atoms with Gasteiger partial charge in [-0.2, -0.15) is 5.10 Å². The largest absolute Gasteiger partial charge is 0.394 e. The Balaban J connectivity index is 1.82. The molecular weight excluding hydrogens is 218 g/mol. The Kier molecular flexibility index (Phi) is 3.19. The predicted molar refractivity (Wildman–Crippen MR) is 63.5 cm³/mol. The number of aliphatic hydroxyl groups excluding tert-OH is 1. The van der Waals surface area contributed by atoms with Gasteiger partial charge in [0.25, 0.3) is 0 Å². The van der Waals surface area contributed by atoms with Crippen molar-refractivity contribution in [1.82, 2.24) is 15.1 Å². The van der Waals surface area contributed by atoms with Crippen molar-refractivity contribution in [3.05, 3.63) is 17.5 Å². The van der Waals surface area contributed by atoms with E-state index in [0.717, 1.165) is 24.2 Å². The number of aliphatic hydroxyl groups is 1. The average Bonchev–Trinajstić information content (AvgIpc) is 2.97. The fourth-order valence-electron chi connectivity index (χ4n) is 1.94. The number of nitrogens with one attached hydrogen (secondary N) is 1. The van der Waals surface area contributed by atoms with Crippen molar-refractivity contribution in [3.63, 3.8) is 0 Å². The molecule has 0 atom stereocenters. The highest BCUT2D eigenvalue weighted by atomic mass is 16.3. The molecule has 1 amide bonds. The van der Waals surface area contributed by atoms with Crippen LogP contribution < -0.4 is 5.32 Å². The fraction of sp³-hybridized carbons (Fsp3) is 0.667. The monoisotopic (exact) mass is 237 g/mol. The van der Waals surface area contributed by atoms with Gasteiger partial charge in [0, 0.05) is 18.7 Å². The van der Waals surface area contributed by atoms with Crippen molar-refractivity contribution < 1.29 is 9.90 Å². The number of carbonyl (C=O) groups excluding carboxylic acids is 1. The molecule has 0 aromatic carbocycles. The number of aromatic nitrogens is 2. The third-order valence-electron chi connectivity index (χ3n) is 3.21. The minimum atomic E-state index is -0.313. The summed E-state index contributed by atoms with van der Waals surface area (Å²) in [6.07, 6.45) is 2.17. The number of aryl methyl sites for hydroxylation is 3. The molecular formula is C12H19N3O2. The summed E-state index contributed by atoms with van der Waals surface area (Å²) in [7, 11) is 0. The molecule has 2 rings (SSSR count). The molecule has 17 heavy (non-hydrogen) atoms. The first kappa shape index (κ1) is 12.1. The Hall–Kier alpha value is -1.36. The third kappa shape index (κ3) is 2.85. The zero-order chi connectivity index (χ0) is 12.5. The summed E-state index contributed by atoms with van der Waals surface area (Å²) in [5.41, 5.74) is 1.72. The van der Waals surface area contributed by atoms with E-state index in [1.54, 1.807) is 0 Å². The summed E-state index contributed by atoms with van der Waals surface area (Å²) in [5.74, 6) is -0.0101. The molecule has 1 saturated carbocycles. The van der Waals surface area contributed by atoms with Crippen molar-refractivity contribution in [2.45, 2.75) is 45.2 Å². The highest BCUT2D eigenvalue weighted by Crippen LogP contribution is 2.34. The van der Waals surface area contributed by atoms with E-state index in [2.05, 4.69) is 10.4 Å². The van der Waals surface area contributed by atoms with E-state index in [1.807, 2.05) is 24.6 Å². The summed E-state index contributed by atoms with van der Waals surface area (Å²) >= 11 is 0. The lowest BCUT2D eigenvalue weighted by molar-refractivity contribution is -0.122. The maximum Gasteiger partial charge on any atom is 0.222 e. The second-order valence-electron chi connectivity index (χ2n) is 4.89. The number of hydrogen-bond donors (Lipinski definition) is 2. The van der Waals surface area contributed by atoms with Gasteiger partial charge in [0.15, 0.2) is 0 Å². The summed E-state index contributed by atoms with van der Waals surface area (Å²) in [6, 6.07) is 1.99. The highest BCUT2D eigenvalue weighted by Gasteiger charge is 2.43. The SMILES string of the molecule is Cc1cc(C)n(CCC(=O)NC2(CO)CC2)n1. The van der Waals surface area contributed by atoms with Gasteiger partial charge in [-0.05, 0) is 32.8 Å². The zero-order valence-electron chi connectivity index (χ0n) is 10.4. The van der Waals surface area contributed by atoms with Crippen LogP contribution in [0.2, 0.25) is 0 Å². The molecule has 0 bridgehead atoms. The standard InChI is InChI=1S/C12H19N3O2/c1-9-7-10(2)15(14-9)6-3-11(17)13-12(8-16)4-5-12/h7,16H,3-6,8H2,1-2H3,(H,13,17). The summed E-state index contributed by atoms with van der Waals surface area (Å²) in [4.78, 5) is 11.7. The molecule has 0 radical (unpaired) electrons. The molecule has 0 saturated heterocycles. The fourth-order valence-corrected chi connectivity index (χ4v) is 1.94. The van der Waals surface area contributed by atoms with Crippen LogP contribution in [-0.2, 0) is 11.3 Å². The first-order chi connectivity index (χ1) is 8.04. The van der Waals surface area contributed by atoms with E-state index in [0.29, 0.717) is 13.0 Å². The third-order valence-corrected chi connectivity index (χ3v) is 3.21. The molecule has 1 aliphatic rings. The van der Waals surface area contributed by atoms with Gasteiger partial charge in [0.05, 0.1) is 17.8 Å². The lowest BCUT2D eigenvalue weighted by Gasteiger charge is -2.14. The van der Waals surface area contributed by atoms with Crippen molar-refractivity contribution >= 4 is 5.91 Å². The van der Waals surface area contributed by atoms with Crippen LogP contribution >= 0.6 is 0 Å². The van der Waals surface area contributed by atoms with Crippen LogP contribution in [0.1, 0.15) is 30.7 Å². The number of rotatable bonds is 5. The van der Waals surface area contributed by atoms with E-state index < -0.39 is 0 Å². The molecule has 1 aliphatic carbocycles. The normalized spacial score (nSPS) is 16.9. The van der Waals surface area contributed by atoms with Gasteiger partial charge in [0.2, 0.25) is 5.91 Å². The number of carbonyl (C=O) groups is 1. The molecule has 1 aromatic heterocycles. The highest BCUT2D eigenvalue weighted by molar-refractivity contribution is 5.77. The van der Waals surface area contributed by atoms with Gasteiger partial charge in [-0.15, -0.1) is 0 Å². The molecule has 2 N–H and O–H groups in total. The predicted octanol–water partition coefficient (Wildman–Crippen LogP) is 0.531. The Morgan fingerprint density at radius 2 is 2.29 bits per heavy atom. The maximum absolute atomic E-state index is 11.7. The minimum Gasteiger partial charge on any atom is -0.394 e. The van der Waals surface area contributed by atoms with Crippen LogP contribution in [0.4, 0.5) is 0 Å². The molecule has 5 heteroatoms. The summed E-state index contributed by atoms with van der Waals surface area (Å²) in [6.45, 7) is 4.55. The van der Waals surface area contributed by atoms with Gasteiger partial charge in [-0.1, -0.05) is 0 Å². The average molecular weight is 237 g/mol. The molecule has 5 nitrogen and oxygen atoms in total. The van der Waals surface area contributed by atoms with Crippen LogP contribution in [0.5, 0.6) is 0 Å². The molecule has 1 fully saturated rings. The van der Waals surface area contributed by atoms with Crippen LogP contribution in [0, 0.1) is 13.8 Å². The van der Waals surface area contributed by atoms with Gasteiger partial charge >= 0.3 is 0 Å². The van der Waals surface area contributed by atoms with Gasteiger partial charge in [-0.25, -0.2) is 0 Å². The molecule has 1 heterocycles. The second kappa shape index (κ2) is 4.49. The Morgan fingerprint density at radius 3 is 2.76 bits per heavy atom. The topological polar surface area (TPSA) is 67.2 Å². The van der Waals surface area contributed by atoms with E-state index in [-0.39, 0.29) is 18.1 Å². The van der Waals surface area contributed by atoms with Crippen molar-refractivity contribution in [2.75, 3.05) is 6.61 Å². The van der Waals surface area contributed by atoms with Crippen LogP contribution in [0.15, 0.2) is 6.07 Å². The van der Waals surface area contributed by atoms with E-state index in [1.165, 1.54) is 0 Å². The minimum absolute atomic E-state index is 0.0101. The number of nitrogens with zero attached hydrogens (tertiary/aromatic N) is 2. The smallest absolute Gasteiger partial charge is 0.222 e. The van der Waals surface area contributed by atoms with Crippen LogP contribution in [0.3, 0.4) is 0 Å². The maximum atomic E-state index is 11.7. The summed E-state index contributed by atoms with van der Waals surface area (Å²) in [5, 5.41) is 16.3. The van der Waals surface area contributed by atoms with Gasteiger partial charge in [0.1, 0.15) is 0 Å². The van der Waals surface area contributed by atoms with E-state index in [4.69, 9.17) is 5.11 Å². The Morgan fingerprint density at radius 1 is 1.59 bits per heavy atom. The molecule has 0 spiro atoms. The molecule has 0 aliphatic heterocycles.